The summed E-state index contributed by atoms with van der Waals surface area (Å²) in [5.74, 6) is 0. The molecule has 21 valence electrons. The predicted octanol–water partition coefficient (Wildman–Crippen LogP) is -1.30. The van der Waals surface area contributed by atoms with Crippen molar-refractivity contribution in [2.24, 2.45) is 5.40 Å². The summed E-state index contributed by atoms with van der Waals surface area (Å²) in [7, 11) is -0.0833. The molecule has 0 bridgehead atoms. The van der Waals surface area contributed by atoms with Gasteiger partial charge in [-0.25, -0.2) is 0 Å². The van der Waals surface area contributed by atoms with Crippen molar-refractivity contribution in [3.8, 4) is 0 Å². The molecule has 0 aliphatic carbocycles. The smallest absolute Gasteiger partial charge is 0.0856 e. The molecule has 3 heteroatoms. The number of hydrogen-bond donors (Lipinski definition) is 1. The Bertz CT molecular complexity index is 8.00. The van der Waals surface area contributed by atoms with Gasteiger partial charge in [0.1, 0.15) is 0 Å². The van der Waals surface area contributed by atoms with E-state index < -0.39 is 0 Å². The first-order chi connectivity index (χ1) is 1.41. The normalized spacial score (nSPS) is 7.50. The van der Waals surface area contributed by atoms with Gasteiger partial charge in [-0.05, 0) is 0 Å². The van der Waals surface area contributed by atoms with Crippen molar-refractivity contribution in [1.82, 2.24) is 0 Å². The summed E-state index contributed by atoms with van der Waals surface area (Å²) >= 11 is 0. The monoisotopic (exact) mass is 68.1 g/mol. The molecule has 0 aliphatic rings. The van der Waals surface area contributed by atoms with Gasteiger partial charge in [0.15, 0.2) is 0 Å². The van der Waals surface area contributed by atoms with Crippen LogP contribution in [0.15, 0.2) is 0 Å². The Hall–Kier alpha value is 0.774. The molecule has 0 aromatic carbocycles. The van der Waals surface area contributed by atoms with Crippen molar-refractivity contribution in [2.45, 2.75) is 6.55 Å². The van der Waals surface area contributed by atoms with Crippen LogP contribution in [-0.2, 0) is 0 Å². The zero-order chi connectivity index (χ0) is 2.71. The van der Waals surface area contributed by atoms with Crippen molar-refractivity contribution < 1.29 is 0 Å². The first kappa shape index (κ1) is 8.84. The van der Waals surface area contributed by atoms with Crippen LogP contribution in [0, 0.1) is 0 Å². The van der Waals surface area contributed by atoms with Crippen molar-refractivity contribution >= 4 is 28.5 Å². The van der Waals surface area contributed by atoms with Gasteiger partial charge < -0.3 is 5.40 Å². The van der Waals surface area contributed by atoms with Gasteiger partial charge >= 0.3 is 0 Å². The van der Waals surface area contributed by atoms with Crippen LogP contribution in [0.3, 0.4) is 0 Å². The molecular formula is CH7LiNSi. The van der Waals surface area contributed by atoms with E-state index in [9.17, 15) is 0 Å². The fourth-order valence-electron chi connectivity index (χ4n) is 0. The summed E-state index contributed by atoms with van der Waals surface area (Å²) in [4.78, 5) is 0. The topological polar surface area (TPSA) is 26.0 Å². The predicted molar refractivity (Wildman–Crippen MR) is 24.3 cm³/mol. The van der Waals surface area contributed by atoms with Gasteiger partial charge in [-0.1, -0.05) is 6.55 Å². The fraction of sp³-hybridized carbons (Fsp3) is 1.00. The van der Waals surface area contributed by atoms with Crippen molar-refractivity contribution in [3.05, 3.63) is 0 Å². The average Bonchev–Trinajstić information content (AvgIpc) is 0.918. The van der Waals surface area contributed by atoms with E-state index in [2.05, 4.69) is 0 Å². The van der Waals surface area contributed by atoms with E-state index in [0.29, 0.717) is 0 Å². The Kier molecular flexibility index (Phi) is 20.4. The molecule has 0 spiro atoms. The van der Waals surface area contributed by atoms with Crippen LogP contribution in [-0.4, -0.2) is 28.5 Å². The van der Waals surface area contributed by atoms with Crippen LogP contribution in [0.1, 0.15) is 0 Å². The summed E-state index contributed by atoms with van der Waals surface area (Å²) in [6.07, 6.45) is 0. The molecule has 1 nitrogen and oxygen atoms in total. The molecule has 0 atom stereocenters. The second-order valence-electron chi connectivity index (χ2n) is 0.408. The van der Waals surface area contributed by atoms with E-state index in [4.69, 9.17) is 5.40 Å². The second-order valence-corrected chi connectivity index (χ2v) is 1.22. The molecule has 0 amide bonds. The Morgan fingerprint density at radius 1 is 1.75 bits per heavy atom. The maximum atomic E-state index is 4.99. The largest absolute Gasteiger partial charge is 0.356 e. The molecule has 0 rings (SSSR count). The molecule has 4 heavy (non-hydrogen) atoms. The molecule has 0 heterocycles. The Balaban J connectivity index is 0. The minimum absolute atomic E-state index is 0. The van der Waals surface area contributed by atoms with E-state index >= 15 is 0 Å². The zero-order valence-corrected chi connectivity index (χ0v) is 4.70. The van der Waals surface area contributed by atoms with E-state index in [1.165, 1.54) is 0 Å². The zero-order valence-electron chi connectivity index (χ0n) is 3.28. The fourth-order valence-corrected chi connectivity index (χ4v) is 0. The third-order valence-electron chi connectivity index (χ3n) is 0. The molecule has 0 aliphatic heterocycles. The third kappa shape index (κ3) is 14.6. The molecule has 0 aromatic heterocycles. The van der Waals surface area contributed by atoms with E-state index in [1.54, 1.807) is 0 Å². The molecule has 0 unspecified atom stereocenters. The summed E-state index contributed by atoms with van der Waals surface area (Å²) in [5.41, 5.74) is 0. The van der Waals surface area contributed by atoms with Gasteiger partial charge in [-0.15, -0.1) is 0 Å². The number of nitrogens with two attached hydrogens (primary N) is 1. The second kappa shape index (κ2) is 9.23. The number of rotatable bonds is 0. The standard InChI is InChI=1S/CH7NSi.Li/c1-3-2;/h2-3H2,1H3;. The first-order valence-electron chi connectivity index (χ1n) is 1.12. The van der Waals surface area contributed by atoms with Crippen LogP contribution in [0.25, 0.3) is 0 Å². The average molecular weight is 68.1 g/mol. The van der Waals surface area contributed by atoms with Crippen LogP contribution in [0.4, 0.5) is 0 Å². The van der Waals surface area contributed by atoms with Gasteiger partial charge in [0.25, 0.3) is 0 Å². The van der Waals surface area contributed by atoms with Crippen LogP contribution in [0.2, 0.25) is 6.55 Å². The van der Waals surface area contributed by atoms with Crippen molar-refractivity contribution in [2.75, 3.05) is 0 Å². The van der Waals surface area contributed by atoms with E-state index in [0.717, 1.165) is 0 Å². The Labute approximate surface area is 41.0 Å². The first-order valence-corrected chi connectivity index (χ1v) is 3.35. The van der Waals surface area contributed by atoms with Crippen LogP contribution >= 0.6 is 0 Å². The molecule has 0 saturated carbocycles. The summed E-state index contributed by atoms with van der Waals surface area (Å²) in [6.45, 7) is 2.04. The minimum Gasteiger partial charge on any atom is -0.356 e. The quantitative estimate of drug-likeness (QED) is 0.351. The Morgan fingerprint density at radius 3 is 1.75 bits per heavy atom. The SMILES string of the molecule is C[SiH2]N.[Li]. The van der Waals surface area contributed by atoms with Crippen LogP contribution < -0.4 is 5.40 Å². The van der Waals surface area contributed by atoms with Gasteiger partial charge in [0.05, 0.1) is 9.68 Å². The maximum absolute atomic E-state index is 4.99. The molecule has 0 fully saturated rings. The Morgan fingerprint density at radius 2 is 1.75 bits per heavy atom. The van der Waals surface area contributed by atoms with Crippen molar-refractivity contribution in [1.29, 1.82) is 0 Å². The number of hydrogen-bond acceptors (Lipinski definition) is 1. The van der Waals surface area contributed by atoms with E-state index in [1.807, 2.05) is 6.55 Å². The van der Waals surface area contributed by atoms with Gasteiger partial charge in [0, 0.05) is 18.9 Å². The van der Waals surface area contributed by atoms with Gasteiger partial charge in [-0.3, -0.25) is 0 Å². The van der Waals surface area contributed by atoms with E-state index in [-0.39, 0.29) is 28.5 Å². The van der Waals surface area contributed by atoms with Crippen LogP contribution in [0.5, 0.6) is 0 Å². The molecule has 0 aromatic rings. The summed E-state index contributed by atoms with van der Waals surface area (Å²) in [5, 5.41) is 4.99. The molecule has 2 N–H and O–H groups in total. The molecule has 0 saturated heterocycles. The third-order valence-corrected chi connectivity index (χ3v) is 0. The molecular weight excluding hydrogens is 61.0 g/mol. The molecule has 1 radical (unpaired) electrons. The van der Waals surface area contributed by atoms with Crippen molar-refractivity contribution in [3.63, 3.8) is 0 Å². The summed E-state index contributed by atoms with van der Waals surface area (Å²) < 4.78 is 0. The summed E-state index contributed by atoms with van der Waals surface area (Å²) in [6, 6.07) is 0. The maximum Gasteiger partial charge on any atom is 0.0856 e. The van der Waals surface area contributed by atoms with Gasteiger partial charge in [-0.2, -0.15) is 0 Å². The minimum atomic E-state index is -0.0833. The van der Waals surface area contributed by atoms with Gasteiger partial charge in [0.2, 0.25) is 0 Å².